The van der Waals surface area contributed by atoms with Crippen molar-refractivity contribution in [1.29, 1.82) is 0 Å². The summed E-state index contributed by atoms with van der Waals surface area (Å²) in [6.07, 6.45) is 1.40. The van der Waals surface area contributed by atoms with Gasteiger partial charge in [-0.1, -0.05) is 42.0 Å². The summed E-state index contributed by atoms with van der Waals surface area (Å²) in [5.41, 5.74) is 5.61. The second kappa shape index (κ2) is 8.67. The van der Waals surface area contributed by atoms with Gasteiger partial charge in [-0.05, 0) is 48.9 Å². The second-order valence-electron chi connectivity index (χ2n) is 6.06. The summed E-state index contributed by atoms with van der Waals surface area (Å²) in [5.74, 6) is 0.585. The number of ether oxygens (including phenoxy) is 1. The molecule has 3 aromatic carbocycles. The van der Waals surface area contributed by atoms with E-state index in [1.807, 2.05) is 43.3 Å². The maximum Gasteiger partial charge on any atom is 0.271 e. The molecule has 0 aliphatic rings. The van der Waals surface area contributed by atoms with Gasteiger partial charge in [0.25, 0.3) is 5.91 Å². The van der Waals surface area contributed by atoms with Crippen molar-refractivity contribution in [1.82, 2.24) is 5.43 Å². The Hall–Kier alpha value is -3.60. The van der Waals surface area contributed by atoms with Crippen molar-refractivity contribution >= 4 is 12.1 Å². The van der Waals surface area contributed by atoms with E-state index in [2.05, 4.69) is 10.5 Å². The van der Waals surface area contributed by atoms with Crippen molar-refractivity contribution < 1.29 is 14.6 Å². The van der Waals surface area contributed by atoms with Crippen LogP contribution in [0.3, 0.4) is 0 Å². The number of benzene rings is 3. The van der Waals surface area contributed by atoms with Crippen LogP contribution in [0.15, 0.2) is 77.9 Å². The fourth-order valence-electron chi connectivity index (χ4n) is 2.38. The number of nitrogens with one attached hydrogen (secondary N) is 1. The number of carbonyl (C=O) groups is 1. The highest BCUT2D eigenvalue weighted by atomic mass is 16.5. The Morgan fingerprint density at radius 2 is 1.74 bits per heavy atom. The lowest BCUT2D eigenvalue weighted by Gasteiger charge is -2.07. The predicted molar refractivity (Wildman–Crippen MR) is 105 cm³/mol. The van der Waals surface area contributed by atoms with Gasteiger partial charge in [0.1, 0.15) is 18.1 Å². The van der Waals surface area contributed by atoms with Crippen molar-refractivity contribution in [2.75, 3.05) is 0 Å². The fraction of sp³-hybridized carbons (Fsp3) is 0.0909. The molecule has 0 saturated carbocycles. The molecule has 3 rings (SSSR count). The van der Waals surface area contributed by atoms with Gasteiger partial charge in [0.2, 0.25) is 0 Å². The quantitative estimate of drug-likeness (QED) is 0.515. The SMILES string of the molecule is Cc1ccc(OCc2ccc(C(=O)NN=Cc3ccccc3O)cc2)cc1. The fourth-order valence-corrected chi connectivity index (χ4v) is 2.38. The van der Waals surface area contributed by atoms with Gasteiger partial charge in [0.15, 0.2) is 0 Å². The third-order valence-corrected chi connectivity index (χ3v) is 3.95. The molecular weight excluding hydrogens is 340 g/mol. The Kier molecular flexibility index (Phi) is 5.84. The number of nitrogens with zero attached hydrogens (tertiary/aromatic N) is 1. The third-order valence-electron chi connectivity index (χ3n) is 3.95. The van der Waals surface area contributed by atoms with Gasteiger partial charge >= 0.3 is 0 Å². The lowest BCUT2D eigenvalue weighted by Crippen LogP contribution is -2.17. The molecule has 0 aliphatic heterocycles. The number of aryl methyl sites for hydroxylation is 1. The molecule has 0 heterocycles. The largest absolute Gasteiger partial charge is 0.507 e. The molecule has 5 nitrogen and oxygen atoms in total. The molecule has 0 aliphatic carbocycles. The van der Waals surface area contributed by atoms with Gasteiger partial charge in [-0.2, -0.15) is 5.10 Å². The molecule has 27 heavy (non-hydrogen) atoms. The van der Waals surface area contributed by atoms with Crippen LogP contribution >= 0.6 is 0 Å². The van der Waals surface area contributed by atoms with Gasteiger partial charge in [0, 0.05) is 11.1 Å². The molecule has 136 valence electrons. The lowest BCUT2D eigenvalue weighted by molar-refractivity contribution is 0.0955. The molecular formula is C22H20N2O3. The molecule has 0 spiro atoms. The zero-order chi connectivity index (χ0) is 19.1. The van der Waals surface area contributed by atoms with E-state index in [0.717, 1.165) is 11.3 Å². The number of hydrogen-bond donors (Lipinski definition) is 2. The highest BCUT2D eigenvalue weighted by molar-refractivity contribution is 5.95. The summed E-state index contributed by atoms with van der Waals surface area (Å²) in [6.45, 7) is 2.45. The van der Waals surface area contributed by atoms with Crippen LogP contribution in [-0.4, -0.2) is 17.2 Å². The highest BCUT2D eigenvalue weighted by Crippen LogP contribution is 2.14. The molecule has 5 heteroatoms. The number of amides is 1. The minimum absolute atomic E-state index is 0.105. The topological polar surface area (TPSA) is 70.9 Å². The Labute approximate surface area is 157 Å². The number of hydrazone groups is 1. The number of carbonyl (C=O) groups excluding carboxylic acids is 1. The summed E-state index contributed by atoms with van der Waals surface area (Å²) in [5, 5.41) is 13.5. The van der Waals surface area contributed by atoms with E-state index in [1.165, 1.54) is 11.8 Å². The molecule has 0 fully saturated rings. The number of rotatable bonds is 6. The van der Waals surface area contributed by atoms with Crippen molar-refractivity contribution in [2.45, 2.75) is 13.5 Å². The third kappa shape index (κ3) is 5.19. The monoisotopic (exact) mass is 360 g/mol. The van der Waals surface area contributed by atoms with E-state index in [1.54, 1.807) is 36.4 Å². The average Bonchev–Trinajstić information content (AvgIpc) is 2.69. The molecule has 0 radical (unpaired) electrons. The maximum absolute atomic E-state index is 12.1. The minimum atomic E-state index is -0.326. The van der Waals surface area contributed by atoms with Gasteiger partial charge in [-0.25, -0.2) is 5.43 Å². The van der Waals surface area contributed by atoms with Gasteiger partial charge in [0.05, 0.1) is 6.21 Å². The minimum Gasteiger partial charge on any atom is -0.507 e. The van der Waals surface area contributed by atoms with Crippen LogP contribution < -0.4 is 10.2 Å². The van der Waals surface area contributed by atoms with Gasteiger partial charge in [-0.3, -0.25) is 4.79 Å². The zero-order valence-corrected chi connectivity index (χ0v) is 14.9. The van der Waals surface area contributed by atoms with Crippen molar-refractivity contribution in [3.63, 3.8) is 0 Å². The molecule has 3 aromatic rings. The molecule has 1 amide bonds. The first-order valence-electron chi connectivity index (χ1n) is 8.51. The van der Waals surface area contributed by atoms with Crippen LogP contribution in [-0.2, 0) is 6.61 Å². The Bertz CT molecular complexity index is 933. The smallest absolute Gasteiger partial charge is 0.271 e. The molecule has 0 bridgehead atoms. The number of aromatic hydroxyl groups is 1. The van der Waals surface area contributed by atoms with Gasteiger partial charge in [-0.15, -0.1) is 0 Å². The van der Waals surface area contributed by atoms with Crippen LogP contribution in [0.4, 0.5) is 0 Å². The average molecular weight is 360 g/mol. The Morgan fingerprint density at radius 1 is 1.04 bits per heavy atom. The van der Waals surface area contributed by atoms with Crippen molar-refractivity contribution in [2.24, 2.45) is 5.10 Å². The summed E-state index contributed by atoms with van der Waals surface area (Å²) in [7, 11) is 0. The molecule has 2 N–H and O–H groups in total. The Morgan fingerprint density at radius 3 is 2.44 bits per heavy atom. The van der Waals surface area contributed by atoms with E-state index in [4.69, 9.17) is 4.74 Å². The zero-order valence-electron chi connectivity index (χ0n) is 14.9. The van der Waals surface area contributed by atoms with Crippen molar-refractivity contribution in [3.05, 3.63) is 95.1 Å². The van der Waals surface area contributed by atoms with Crippen LogP contribution in [0.1, 0.15) is 27.0 Å². The maximum atomic E-state index is 12.1. The molecule has 0 unspecified atom stereocenters. The first kappa shape index (κ1) is 18.2. The molecule has 0 aromatic heterocycles. The molecule has 0 atom stereocenters. The normalized spacial score (nSPS) is 10.7. The number of para-hydroxylation sites is 1. The van der Waals surface area contributed by atoms with Crippen LogP contribution in [0.25, 0.3) is 0 Å². The second-order valence-corrected chi connectivity index (χ2v) is 6.06. The van der Waals surface area contributed by atoms with Crippen LogP contribution in [0.5, 0.6) is 11.5 Å². The summed E-state index contributed by atoms with van der Waals surface area (Å²) in [6, 6.07) is 21.7. The number of hydrogen-bond acceptors (Lipinski definition) is 4. The summed E-state index contributed by atoms with van der Waals surface area (Å²) < 4.78 is 5.72. The van der Waals surface area contributed by atoms with E-state index >= 15 is 0 Å². The highest BCUT2D eigenvalue weighted by Gasteiger charge is 2.05. The van der Waals surface area contributed by atoms with Crippen LogP contribution in [0, 0.1) is 6.92 Å². The number of phenolic OH excluding ortho intramolecular Hbond substituents is 1. The molecule has 0 saturated heterocycles. The lowest BCUT2D eigenvalue weighted by atomic mass is 10.1. The van der Waals surface area contributed by atoms with Crippen molar-refractivity contribution in [3.8, 4) is 11.5 Å². The van der Waals surface area contributed by atoms with E-state index < -0.39 is 0 Å². The van der Waals surface area contributed by atoms with E-state index in [-0.39, 0.29) is 11.7 Å². The van der Waals surface area contributed by atoms with Crippen LogP contribution in [0.2, 0.25) is 0 Å². The van der Waals surface area contributed by atoms with Gasteiger partial charge < -0.3 is 9.84 Å². The first-order valence-corrected chi connectivity index (χ1v) is 8.51. The Balaban J connectivity index is 1.54. The van der Waals surface area contributed by atoms with E-state index in [9.17, 15) is 9.90 Å². The number of phenols is 1. The predicted octanol–water partition coefficient (Wildman–Crippen LogP) is 4.04. The van der Waals surface area contributed by atoms with E-state index in [0.29, 0.717) is 17.7 Å². The first-order chi connectivity index (χ1) is 13.1. The summed E-state index contributed by atoms with van der Waals surface area (Å²) >= 11 is 0. The standard InChI is InChI=1S/C22H20N2O3/c1-16-6-12-20(13-7-16)27-15-17-8-10-18(11-9-17)22(26)24-23-14-19-4-2-3-5-21(19)25/h2-14,25H,15H2,1H3,(H,24,26). The summed E-state index contributed by atoms with van der Waals surface area (Å²) in [4.78, 5) is 12.1.